The van der Waals surface area contributed by atoms with Crippen molar-refractivity contribution in [3.05, 3.63) is 0 Å². The first-order chi connectivity index (χ1) is 7.72. The van der Waals surface area contributed by atoms with Crippen LogP contribution in [0.25, 0.3) is 0 Å². The van der Waals surface area contributed by atoms with Crippen molar-refractivity contribution in [2.75, 3.05) is 0 Å². The van der Waals surface area contributed by atoms with E-state index in [0.29, 0.717) is 0 Å². The van der Waals surface area contributed by atoms with Crippen LogP contribution in [0.3, 0.4) is 0 Å². The van der Waals surface area contributed by atoms with Gasteiger partial charge < -0.3 is 0 Å². The molecule has 0 aromatic carbocycles. The third-order valence-corrected chi connectivity index (χ3v) is 4.72. The molecule has 0 aromatic heterocycles. The van der Waals surface area contributed by atoms with Gasteiger partial charge in [0.2, 0.25) is 0 Å². The van der Waals surface area contributed by atoms with Gasteiger partial charge in [-0.2, -0.15) is 0 Å². The standard InChI is InChI=1S/C15H28O2/c1-7-14(5,12(3)16)10-9-11-15(6,8-2)13(4)17/h7-11H2,1-6H3. The van der Waals surface area contributed by atoms with Gasteiger partial charge in [0.1, 0.15) is 11.6 Å². The lowest BCUT2D eigenvalue weighted by Gasteiger charge is -2.29. The van der Waals surface area contributed by atoms with Crippen LogP contribution in [0.5, 0.6) is 0 Å². The van der Waals surface area contributed by atoms with Gasteiger partial charge >= 0.3 is 0 Å². The molecule has 2 atom stereocenters. The smallest absolute Gasteiger partial charge is 0.135 e. The molecule has 0 N–H and O–H groups in total. The van der Waals surface area contributed by atoms with Crippen LogP contribution >= 0.6 is 0 Å². The van der Waals surface area contributed by atoms with E-state index in [2.05, 4.69) is 13.8 Å². The van der Waals surface area contributed by atoms with Gasteiger partial charge in [0.05, 0.1) is 0 Å². The summed E-state index contributed by atoms with van der Waals surface area (Å²) < 4.78 is 0. The Labute approximate surface area is 106 Å². The zero-order valence-electron chi connectivity index (χ0n) is 12.4. The van der Waals surface area contributed by atoms with Gasteiger partial charge in [-0.15, -0.1) is 0 Å². The zero-order chi connectivity index (χ0) is 13.7. The average Bonchev–Trinajstić information content (AvgIpc) is 2.27. The van der Waals surface area contributed by atoms with Gasteiger partial charge in [-0.05, 0) is 39.5 Å². The molecule has 0 aliphatic carbocycles. The third-order valence-electron chi connectivity index (χ3n) is 4.72. The number of hydrogen-bond acceptors (Lipinski definition) is 2. The summed E-state index contributed by atoms with van der Waals surface area (Å²) >= 11 is 0. The van der Waals surface area contributed by atoms with Crippen LogP contribution in [0.2, 0.25) is 0 Å². The molecule has 0 aromatic rings. The largest absolute Gasteiger partial charge is 0.299 e. The Bertz CT molecular complexity index is 255. The van der Waals surface area contributed by atoms with Crippen LogP contribution in [0.15, 0.2) is 0 Å². The van der Waals surface area contributed by atoms with E-state index >= 15 is 0 Å². The number of ketones is 2. The molecule has 0 bridgehead atoms. The van der Waals surface area contributed by atoms with Crippen molar-refractivity contribution in [2.45, 2.75) is 73.6 Å². The highest BCUT2D eigenvalue weighted by atomic mass is 16.1. The summed E-state index contributed by atoms with van der Waals surface area (Å²) in [7, 11) is 0. The number of carbonyl (C=O) groups excluding carboxylic acids is 2. The predicted molar refractivity (Wildman–Crippen MR) is 72.0 cm³/mol. The maximum Gasteiger partial charge on any atom is 0.135 e. The first-order valence-corrected chi connectivity index (χ1v) is 6.74. The van der Waals surface area contributed by atoms with Gasteiger partial charge in [0.25, 0.3) is 0 Å². The number of hydrogen-bond donors (Lipinski definition) is 0. The Kier molecular flexibility index (Phi) is 6.08. The highest BCUT2D eigenvalue weighted by molar-refractivity contribution is 5.82. The molecule has 0 heterocycles. The molecule has 0 rings (SSSR count). The molecule has 2 heteroatoms. The lowest BCUT2D eigenvalue weighted by atomic mass is 9.74. The summed E-state index contributed by atoms with van der Waals surface area (Å²) in [6.07, 6.45) is 4.49. The zero-order valence-corrected chi connectivity index (χ0v) is 12.4. The first-order valence-electron chi connectivity index (χ1n) is 6.74. The highest BCUT2D eigenvalue weighted by Gasteiger charge is 2.31. The van der Waals surface area contributed by atoms with Crippen molar-refractivity contribution in [2.24, 2.45) is 10.8 Å². The molecule has 0 saturated heterocycles. The lowest BCUT2D eigenvalue weighted by molar-refractivity contribution is -0.127. The van der Waals surface area contributed by atoms with Crippen LogP contribution in [-0.2, 0) is 9.59 Å². The minimum atomic E-state index is -0.203. The topological polar surface area (TPSA) is 34.1 Å². The van der Waals surface area contributed by atoms with E-state index in [9.17, 15) is 9.59 Å². The summed E-state index contributed by atoms with van der Waals surface area (Å²) in [6.45, 7) is 11.5. The molecule has 0 spiro atoms. The number of Topliss-reactive ketones (excluding diaryl/α,β-unsaturated/α-hetero) is 2. The molecule has 0 fully saturated rings. The summed E-state index contributed by atoms with van der Waals surface area (Å²) in [5.41, 5.74) is -0.406. The monoisotopic (exact) mass is 240 g/mol. The number of carbonyl (C=O) groups is 2. The summed E-state index contributed by atoms with van der Waals surface area (Å²) in [5, 5.41) is 0. The van der Waals surface area contributed by atoms with Crippen molar-refractivity contribution in [1.29, 1.82) is 0 Å². The average molecular weight is 240 g/mol. The van der Waals surface area contributed by atoms with E-state index in [1.807, 2.05) is 13.8 Å². The molecule has 0 amide bonds. The van der Waals surface area contributed by atoms with Gasteiger partial charge in [-0.1, -0.05) is 34.1 Å². The Morgan fingerprint density at radius 3 is 1.29 bits per heavy atom. The third kappa shape index (κ3) is 4.25. The van der Waals surface area contributed by atoms with E-state index in [4.69, 9.17) is 0 Å². The van der Waals surface area contributed by atoms with Crippen molar-refractivity contribution in [3.63, 3.8) is 0 Å². The maximum absolute atomic E-state index is 11.6. The Morgan fingerprint density at radius 2 is 1.12 bits per heavy atom. The van der Waals surface area contributed by atoms with E-state index in [0.717, 1.165) is 32.1 Å². The molecule has 100 valence electrons. The van der Waals surface area contributed by atoms with E-state index in [1.165, 1.54) is 0 Å². The quantitative estimate of drug-likeness (QED) is 0.638. The molecule has 2 unspecified atom stereocenters. The second-order valence-electron chi connectivity index (χ2n) is 5.79. The molecule has 0 saturated carbocycles. The predicted octanol–water partition coefficient (Wildman–Crippen LogP) is 4.17. The van der Waals surface area contributed by atoms with E-state index in [-0.39, 0.29) is 22.4 Å². The van der Waals surface area contributed by atoms with Gasteiger partial charge in [-0.25, -0.2) is 0 Å². The van der Waals surface area contributed by atoms with Crippen LogP contribution in [0.4, 0.5) is 0 Å². The Hall–Kier alpha value is -0.660. The van der Waals surface area contributed by atoms with Gasteiger partial charge in [0, 0.05) is 10.8 Å². The second-order valence-corrected chi connectivity index (χ2v) is 5.79. The van der Waals surface area contributed by atoms with Crippen LogP contribution < -0.4 is 0 Å². The maximum atomic E-state index is 11.6. The van der Waals surface area contributed by atoms with Crippen LogP contribution in [-0.4, -0.2) is 11.6 Å². The minimum Gasteiger partial charge on any atom is -0.299 e. The molecule has 17 heavy (non-hydrogen) atoms. The Balaban J connectivity index is 4.40. The Morgan fingerprint density at radius 1 is 0.824 bits per heavy atom. The molecule has 0 aliphatic rings. The molecule has 0 aliphatic heterocycles. The summed E-state index contributed by atoms with van der Waals surface area (Å²) in [6, 6.07) is 0. The fourth-order valence-electron chi connectivity index (χ4n) is 2.07. The van der Waals surface area contributed by atoms with Crippen molar-refractivity contribution in [1.82, 2.24) is 0 Å². The second kappa shape index (κ2) is 6.32. The molecular formula is C15H28O2. The van der Waals surface area contributed by atoms with E-state index < -0.39 is 0 Å². The summed E-state index contributed by atoms with van der Waals surface area (Å²) in [4.78, 5) is 23.2. The SMILES string of the molecule is CCC(C)(CCCC(C)(CC)C(C)=O)C(C)=O. The van der Waals surface area contributed by atoms with Crippen LogP contribution in [0.1, 0.15) is 73.6 Å². The lowest BCUT2D eigenvalue weighted by Crippen LogP contribution is -2.28. The van der Waals surface area contributed by atoms with Crippen molar-refractivity contribution in [3.8, 4) is 0 Å². The van der Waals surface area contributed by atoms with Gasteiger partial charge in [0.15, 0.2) is 0 Å². The van der Waals surface area contributed by atoms with Crippen molar-refractivity contribution >= 4 is 11.6 Å². The van der Waals surface area contributed by atoms with Crippen LogP contribution in [0, 0.1) is 10.8 Å². The first kappa shape index (κ1) is 16.3. The molecule has 0 radical (unpaired) electrons. The number of rotatable bonds is 8. The van der Waals surface area contributed by atoms with E-state index in [1.54, 1.807) is 13.8 Å². The molecular weight excluding hydrogens is 212 g/mol. The minimum absolute atomic E-state index is 0.203. The van der Waals surface area contributed by atoms with Crippen molar-refractivity contribution < 1.29 is 9.59 Å². The summed E-state index contributed by atoms with van der Waals surface area (Å²) in [5.74, 6) is 0.530. The van der Waals surface area contributed by atoms with Gasteiger partial charge in [-0.3, -0.25) is 9.59 Å². The normalized spacial score (nSPS) is 18.2. The fraction of sp³-hybridized carbons (Fsp3) is 0.867. The fourth-order valence-corrected chi connectivity index (χ4v) is 2.07. The highest BCUT2D eigenvalue weighted by Crippen LogP contribution is 2.34. The molecule has 2 nitrogen and oxygen atoms in total.